The van der Waals surface area contributed by atoms with Crippen molar-refractivity contribution in [1.82, 2.24) is 10.1 Å². The molecule has 0 radical (unpaired) electrons. The van der Waals surface area contributed by atoms with Crippen LogP contribution >= 0.6 is 0 Å². The van der Waals surface area contributed by atoms with Gasteiger partial charge in [0.1, 0.15) is 5.58 Å². The van der Waals surface area contributed by atoms with Gasteiger partial charge >= 0.3 is 5.63 Å². The van der Waals surface area contributed by atoms with Crippen molar-refractivity contribution in [2.24, 2.45) is 0 Å². The molecule has 1 fully saturated rings. The molecule has 25 heavy (non-hydrogen) atoms. The lowest BCUT2D eigenvalue weighted by Crippen LogP contribution is -2.23. The Morgan fingerprint density at radius 3 is 2.80 bits per heavy atom. The zero-order valence-electron chi connectivity index (χ0n) is 14.8. The molecule has 130 valence electrons. The number of rotatable bonds is 3. The molecule has 1 saturated heterocycles. The number of fused-ring (bicyclic) bond motifs is 1. The molecular weight excluding hydrogens is 316 g/mol. The Morgan fingerprint density at radius 2 is 2.04 bits per heavy atom. The summed E-state index contributed by atoms with van der Waals surface area (Å²) in [6.45, 7) is 7.68. The first-order valence-electron chi connectivity index (χ1n) is 8.72. The Bertz CT molecular complexity index is 986. The minimum Gasteiger partial charge on any atom is -0.422 e. The molecule has 1 atom stereocenters. The van der Waals surface area contributed by atoms with E-state index in [-0.39, 0.29) is 11.7 Å². The van der Waals surface area contributed by atoms with E-state index in [0.717, 1.165) is 47.4 Å². The Kier molecular flexibility index (Phi) is 3.96. The lowest BCUT2D eigenvalue weighted by Gasteiger charge is -2.23. The molecule has 5 nitrogen and oxygen atoms in total. The van der Waals surface area contributed by atoms with E-state index in [9.17, 15) is 4.79 Å². The molecular formula is C20H22N2O3. The van der Waals surface area contributed by atoms with Crippen molar-refractivity contribution in [3.05, 3.63) is 62.8 Å². The molecule has 2 aromatic heterocycles. The van der Waals surface area contributed by atoms with Gasteiger partial charge in [0.25, 0.3) is 0 Å². The Hall–Kier alpha value is -2.40. The normalized spacial score (nSPS) is 18.3. The second-order valence-electron chi connectivity index (χ2n) is 7.05. The molecule has 0 saturated carbocycles. The van der Waals surface area contributed by atoms with Gasteiger partial charge < -0.3 is 8.94 Å². The van der Waals surface area contributed by atoms with Gasteiger partial charge in [-0.3, -0.25) is 4.90 Å². The number of likely N-dealkylation sites (tertiary alicyclic amines) is 1. The molecule has 0 spiro atoms. The van der Waals surface area contributed by atoms with Crippen LogP contribution in [0.3, 0.4) is 0 Å². The first kappa shape index (κ1) is 16.1. The molecule has 0 aliphatic carbocycles. The van der Waals surface area contributed by atoms with Gasteiger partial charge in [0.05, 0.1) is 11.7 Å². The third-order valence-corrected chi connectivity index (χ3v) is 4.97. The maximum atomic E-state index is 12.1. The molecule has 1 aliphatic heterocycles. The van der Waals surface area contributed by atoms with Crippen molar-refractivity contribution in [1.29, 1.82) is 0 Å². The molecule has 3 heterocycles. The van der Waals surface area contributed by atoms with E-state index in [4.69, 9.17) is 8.94 Å². The van der Waals surface area contributed by atoms with Crippen molar-refractivity contribution < 1.29 is 8.94 Å². The Balaban J connectivity index is 1.74. The molecule has 0 amide bonds. The van der Waals surface area contributed by atoms with Crippen molar-refractivity contribution in [3.63, 3.8) is 0 Å². The zero-order valence-corrected chi connectivity index (χ0v) is 14.8. The summed E-state index contributed by atoms with van der Waals surface area (Å²) in [7, 11) is 0. The van der Waals surface area contributed by atoms with Gasteiger partial charge in [-0.25, -0.2) is 4.79 Å². The maximum Gasteiger partial charge on any atom is 0.336 e. The standard InChI is InChI=1S/C20H22N2O3/c1-12-7-13(2)20-16(8-12)15(10-19(23)24-20)11-22-6-4-5-17(22)18-9-14(3)21-25-18/h7-10,17H,4-6,11H2,1-3H3/t17-/m1/s1. The second kappa shape index (κ2) is 6.15. The van der Waals surface area contributed by atoms with Gasteiger partial charge in [-0.15, -0.1) is 0 Å². The van der Waals surface area contributed by atoms with Gasteiger partial charge in [0.2, 0.25) is 0 Å². The number of benzene rings is 1. The van der Waals surface area contributed by atoms with Gasteiger partial charge in [0, 0.05) is 24.1 Å². The Labute approximate surface area is 146 Å². The molecule has 0 N–H and O–H groups in total. The predicted molar refractivity (Wildman–Crippen MR) is 95.6 cm³/mol. The summed E-state index contributed by atoms with van der Waals surface area (Å²) in [5, 5.41) is 5.05. The maximum absolute atomic E-state index is 12.1. The number of hydrogen-bond acceptors (Lipinski definition) is 5. The smallest absolute Gasteiger partial charge is 0.336 e. The highest BCUT2D eigenvalue weighted by Gasteiger charge is 2.29. The molecule has 0 unspecified atom stereocenters. The van der Waals surface area contributed by atoms with E-state index >= 15 is 0 Å². The average molecular weight is 338 g/mol. The molecule has 4 rings (SSSR count). The van der Waals surface area contributed by atoms with Crippen LogP contribution < -0.4 is 5.63 Å². The van der Waals surface area contributed by atoms with Crippen molar-refractivity contribution in [2.45, 2.75) is 46.2 Å². The number of hydrogen-bond donors (Lipinski definition) is 0. The van der Waals surface area contributed by atoms with Crippen LogP contribution in [0.25, 0.3) is 11.0 Å². The first-order chi connectivity index (χ1) is 12.0. The zero-order chi connectivity index (χ0) is 17.6. The van der Waals surface area contributed by atoms with Gasteiger partial charge in [-0.2, -0.15) is 0 Å². The van der Waals surface area contributed by atoms with Crippen molar-refractivity contribution in [2.75, 3.05) is 6.54 Å². The summed E-state index contributed by atoms with van der Waals surface area (Å²) in [4.78, 5) is 14.4. The number of aryl methyl sites for hydroxylation is 3. The highest BCUT2D eigenvalue weighted by molar-refractivity contribution is 5.83. The number of aromatic nitrogens is 1. The fourth-order valence-electron chi connectivity index (χ4n) is 3.91. The highest BCUT2D eigenvalue weighted by Crippen LogP contribution is 2.34. The molecule has 0 bridgehead atoms. The second-order valence-corrected chi connectivity index (χ2v) is 7.05. The van der Waals surface area contributed by atoms with Gasteiger partial charge in [-0.05, 0) is 62.9 Å². The van der Waals surface area contributed by atoms with E-state index in [2.05, 4.69) is 23.0 Å². The van der Waals surface area contributed by atoms with E-state index in [1.54, 1.807) is 6.07 Å². The summed E-state index contributed by atoms with van der Waals surface area (Å²) >= 11 is 0. The highest BCUT2D eigenvalue weighted by atomic mass is 16.5. The minimum atomic E-state index is -0.291. The van der Waals surface area contributed by atoms with E-state index < -0.39 is 0 Å². The van der Waals surface area contributed by atoms with Crippen LogP contribution in [0, 0.1) is 20.8 Å². The minimum absolute atomic E-state index is 0.217. The monoisotopic (exact) mass is 338 g/mol. The van der Waals surface area contributed by atoms with Crippen LogP contribution in [0.15, 0.2) is 38.0 Å². The third-order valence-electron chi connectivity index (χ3n) is 4.97. The van der Waals surface area contributed by atoms with Crippen LogP contribution in [0.4, 0.5) is 0 Å². The van der Waals surface area contributed by atoms with Gasteiger partial charge in [-0.1, -0.05) is 11.2 Å². The summed E-state index contributed by atoms with van der Waals surface area (Å²) in [6, 6.07) is 8.00. The quantitative estimate of drug-likeness (QED) is 0.675. The van der Waals surface area contributed by atoms with Crippen LogP contribution in [0.2, 0.25) is 0 Å². The summed E-state index contributed by atoms with van der Waals surface area (Å²) in [5.41, 5.74) is 4.49. The molecule has 3 aromatic rings. The number of nitrogens with zero attached hydrogens (tertiary/aromatic N) is 2. The lowest BCUT2D eigenvalue weighted by molar-refractivity contribution is 0.207. The third kappa shape index (κ3) is 3.00. The van der Waals surface area contributed by atoms with Crippen LogP contribution in [0.1, 0.15) is 47.0 Å². The largest absolute Gasteiger partial charge is 0.422 e. The van der Waals surface area contributed by atoms with Gasteiger partial charge in [0.15, 0.2) is 5.76 Å². The predicted octanol–water partition coefficient (Wildman–Crippen LogP) is 4.04. The van der Waals surface area contributed by atoms with E-state index in [1.165, 1.54) is 5.56 Å². The summed E-state index contributed by atoms with van der Waals surface area (Å²) in [5.74, 6) is 0.912. The summed E-state index contributed by atoms with van der Waals surface area (Å²) in [6.07, 6.45) is 2.16. The fraction of sp³-hybridized carbons (Fsp3) is 0.400. The van der Waals surface area contributed by atoms with Crippen LogP contribution in [-0.4, -0.2) is 16.6 Å². The lowest BCUT2D eigenvalue weighted by atomic mass is 10.0. The van der Waals surface area contributed by atoms with Crippen LogP contribution in [0.5, 0.6) is 0 Å². The first-order valence-corrected chi connectivity index (χ1v) is 8.72. The average Bonchev–Trinajstić information content (AvgIpc) is 3.17. The topological polar surface area (TPSA) is 59.5 Å². The molecule has 1 aliphatic rings. The molecule has 5 heteroatoms. The summed E-state index contributed by atoms with van der Waals surface area (Å²) < 4.78 is 11.0. The molecule has 1 aromatic carbocycles. The van der Waals surface area contributed by atoms with E-state index in [1.807, 2.05) is 26.0 Å². The fourth-order valence-corrected chi connectivity index (χ4v) is 3.91. The van der Waals surface area contributed by atoms with E-state index in [0.29, 0.717) is 12.1 Å². The van der Waals surface area contributed by atoms with Crippen molar-refractivity contribution in [3.8, 4) is 0 Å². The van der Waals surface area contributed by atoms with Crippen LogP contribution in [-0.2, 0) is 6.54 Å². The Morgan fingerprint density at radius 1 is 1.20 bits per heavy atom. The van der Waals surface area contributed by atoms with Crippen molar-refractivity contribution >= 4 is 11.0 Å². The SMILES string of the molecule is Cc1cc(C)c2oc(=O)cc(CN3CCC[C@@H]3c3cc(C)no3)c2c1.